The van der Waals surface area contributed by atoms with E-state index >= 15 is 0 Å². The lowest BCUT2D eigenvalue weighted by Crippen LogP contribution is -2.32. The third-order valence-electron chi connectivity index (χ3n) is 3.52. The Hall–Kier alpha value is -1.54. The highest BCUT2D eigenvalue weighted by Crippen LogP contribution is 2.39. The van der Waals surface area contributed by atoms with Crippen LogP contribution in [0.15, 0.2) is 22.7 Å². The third kappa shape index (κ3) is 2.74. The van der Waals surface area contributed by atoms with Crippen LogP contribution in [0.1, 0.15) is 25.7 Å². The first-order chi connectivity index (χ1) is 9.11. The van der Waals surface area contributed by atoms with Gasteiger partial charge in [-0.05, 0) is 31.0 Å². The van der Waals surface area contributed by atoms with Crippen molar-refractivity contribution in [1.82, 2.24) is 0 Å². The first kappa shape index (κ1) is 13.9. The summed E-state index contributed by atoms with van der Waals surface area (Å²) < 4.78 is 6.06. The number of methoxy groups -OCH3 is 1. The lowest BCUT2D eigenvalue weighted by atomic mass is 9.87. The molecule has 1 fully saturated rings. The fraction of sp³-hybridized carbons (Fsp3) is 0.429. The van der Waals surface area contributed by atoms with Crippen LogP contribution in [0.2, 0.25) is 0 Å². The summed E-state index contributed by atoms with van der Waals surface area (Å²) in [5.74, 6) is 0.353. The van der Waals surface area contributed by atoms with E-state index in [1.165, 1.54) is 0 Å². The zero-order chi connectivity index (χ0) is 13.9. The second-order valence-corrected chi connectivity index (χ2v) is 5.62. The number of nitrogens with zero attached hydrogens (tertiary/aromatic N) is 1. The molecule has 1 aromatic rings. The van der Waals surface area contributed by atoms with Crippen molar-refractivity contribution in [2.45, 2.75) is 25.7 Å². The Morgan fingerprint density at radius 2 is 2.16 bits per heavy atom. The van der Waals surface area contributed by atoms with Crippen LogP contribution in [-0.4, -0.2) is 13.0 Å². The first-order valence-corrected chi connectivity index (χ1v) is 6.97. The Bertz CT molecular complexity index is 531. The lowest BCUT2D eigenvalue weighted by molar-refractivity contribution is -0.122. The molecule has 1 amide bonds. The topological polar surface area (TPSA) is 62.1 Å². The Balaban J connectivity index is 2.24. The van der Waals surface area contributed by atoms with E-state index in [0.717, 1.165) is 17.3 Å². The van der Waals surface area contributed by atoms with Gasteiger partial charge >= 0.3 is 0 Å². The summed E-state index contributed by atoms with van der Waals surface area (Å²) >= 11 is 3.36. The lowest BCUT2D eigenvalue weighted by Gasteiger charge is -2.20. The van der Waals surface area contributed by atoms with Crippen molar-refractivity contribution in [2.24, 2.45) is 5.41 Å². The average molecular weight is 323 g/mol. The van der Waals surface area contributed by atoms with Crippen molar-refractivity contribution in [3.63, 3.8) is 0 Å². The molecule has 1 saturated carbocycles. The van der Waals surface area contributed by atoms with E-state index in [0.29, 0.717) is 24.3 Å². The van der Waals surface area contributed by atoms with Crippen LogP contribution < -0.4 is 10.1 Å². The minimum atomic E-state index is -0.882. The highest BCUT2D eigenvalue weighted by atomic mass is 79.9. The van der Waals surface area contributed by atoms with Crippen LogP contribution >= 0.6 is 15.9 Å². The Labute approximate surface area is 120 Å². The van der Waals surface area contributed by atoms with Gasteiger partial charge in [-0.1, -0.05) is 28.8 Å². The van der Waals surface area contributed by atoms with Gasteiger partial charge in [0.25, 0.3) is 0 Å². The van der Waals surface area contributed by atoms with E-state index in [4.69, 9.17) is 4.74 Å². The molecular formula is C14H15BrN2O2. The van der Waals surface area contributed by atoms with E-state index in [2.05, 4.69) is 27.3 Å². The molecule has 5 heteroatoms. The predicted octanol–water partition coefficient (Wildman–Crippen LogP) is 3.48. The molecule has 0 spiro atoms. The number of nitriles is 1. The number of carbonyl (C=O) groups excluding carboxylic acids is 1. The number of hydrogen-bond donors (Lipinski definition) is 1. The van der Waals surface area contributed by atoms with Gasteiger partial charge in [-0.3, -0.25) is 4.79 Å². The van der Waals surface area contributed by atoms with Gasteiger partial charge in [-0.15, -0.1) is 0 Å². The fourth-order valence-corrected chi connectivity index (χ4v) is 2.75. The summed E-state index contributed by atoms with van der Waals surface area (Å²) in [5.41, 5.74) is -0.295. The van der Waals surface area contributed by atoms with Gasteiger partial charge in [0.15, 0.2) is 0 Å². The number of hydrogen-bond acceptors (Lipinski definition) is 3. The first-order valence-electron chi connectivity index (χ1n) is 6.17. The Morgan fingerprint density at radius 3 is 2.74 bits per heavy atom. The van der Waals surface area contributed by atoms with E-state index in [9.17, 15) is 10.1 Å². The summed E-state index contributed by atoms with van der Waals surface area (Å²) in [6, 6.07) is 7.57. The van der Waals surface area contributed by atoms with E-state index in [1.54, 1.807) is 19.2 Å². The molecular weight excluding hydrogens is 308 g/mol. The van der Waals surface area contributed by atoms with Gasteiger partial charge in [0.05, 0.1) is 18.9 Å². The number of nitrogens with one attached hydrogen (secondary N) is 1. The summed E-state index contributed by atoms with van der Waals surface area (Å²) in [7, 11) is 1.55. The standard InChI is InChI=1S/C14H15BrN2O2/c1-19-12-5-4-10(15)8-11(12)17-13(18)14(9-16)6-2-3-7-14/h4-5,8H,2-3,6-7H2,1H3,(H,17,18). The molecule has 19 heavy (non-hydrogen) atoms. The molecule has 1 aliphatic carbocycles. The predicted molar refractivity (Wildman–Crippen MR) is 75.8 cm³/mol. The van der Waals surface area contributed by atoms with E-state index in [1.807, 2.05) is 6.07 Å². The van der Waals surface area contributed by atoms with Gasteiger partial charge < -0.3 is 10.1 Å². The summed E-state index contributed by atoms with van der Waals surface area (Å²) in [5, 5.41) is 12.1. The summed E-state index contributed by atoms with van der Waals surface area (Å²) in [6.07, 6.45) is 3.12. The molecule has 100 valence electrons. The van der Waals surface area contributed by atoms with Gasteiger partial charge in [-0.25, -0.2) is 0 Å². The number of benzene rings is 1. The molecule has 0 aromatic heterocycles. The number of carbonyl (C=O) groups is 1. The average Bonchev–Trinajstić information content (AvgIpc) is 2.89. The summed E-state index contributed by atoms with van der Waals surface area (Å²) in [4.78, 5) is 12.3. The SMILES string of the molecule is COc1ccc(Br)cc1NC(=O)C1(C#N)CCCC1. The number of rotatable bonds is 3. The van der Waals surface area contributed by atoms with Crippen LogP contribution in [-0.2, 0) is 4.79 Å². The minimum Gasteiger partial charge on any atom is -0.495 e. The fourth-order valence-electron chi connectivity index (χ4n) is 2.39. The maximum atomic E-state index is 12.3. The van der Waals surface area contributed by atoms with Crippen molar-refractivity contribution in [1.29, 1.82) is 5.26 Å². The van der Waals surface area contributed by atoms with Gasteiger partial charge in [0, 0.05) is 4.47 Å². The molecule has 2 rings (SSSR count). The second-order valence-electron chi connectivity index (χ2n) is 4.70. The monoisotopic (exact) mass is 322 g/mol. The van der Waals surface area contributed by atoms with Crippen LogP contribution in [0.25, 0.3) is 0 Å². The molecule has 0 heterocycles. The summed E-state index contributed by atoms with van der Waals surface area (Å²) in [6.45, 7) is 0. The van der Waals surface area contributed by atoms with Crippen molar-refractivity contribution >= 4 is 27.5 Å². The number of anilines is 1. The van der Waals surface area contributed by atoms with Gasteiger partial charge in [0.2, 0.25) is 5.91 Å². The van der Waals surface area contributed by atoms with Crippen molar-refractivity contribution in [2.75, 3.05) is 12.4 Å². The van der Waals surface area contributed by atoms with Crippen molar-refractivity contribution < 1.29 is 9.53 Å². The minimum absolute atomic E-state index is 0.232. The quantitative estimate of drug-likeness (QED) is 0.926. The Kier molecular flexibility index (Phi) is 4.11. The molecule has 1 N–H and O–H groups in total. The van der Waals surface area contributed by atoms with Gasteiger partial charge in [0.1, 0.15) is 11.2 Å². The molecule has 0 unspecified atom stereocenters. The van der Waals surface area contributed by atoms with E-state index < -0.39 is 5.41 Å². The highest BCUT2D eigenvalue weighted by molar-refractivity contribution is 9.10. The zero-order valence-corrected chi connectivity index (χ0v) is 12.3. The maximum Gasteiger partial charge on any atom is 0.244 e. The highest BCUT2D eigenvalue weighted by Gasteiger charge is 2.41. The number of halogens is 1. The number of amides is 1. The van der Waals surface area contributed by atoms with E-state index in [-0.39, 0.29) is 5.91 Å². The van der Waals surface area contributed by atoms with Crippen LogP contribution in [0.4, 0.5) is 5.69 Å². The molecule has 1 aliphatic rings. The molecule has 0 saturated heterocycles. The number of ether oxygens (including phenoxy) is 1. The molecule has 0 radical (unpaired) electrons. The second kappa shape index (κ2) is 5.62. The normalized spacial score (nSPS) is 16.7. The smallest absolute Gasteiger partial charge is 0.244 e. The molecule has 4 nitrogen and oxygen atoms in total. The third-order valence-corrected chi connectivity index (χ3v) is 4.01. The van der Waals surface area contributed by atoms with Gasteiger partial charge in [-0.2, -0.15) is 5.26 Å². The maximum absolute atomic E-state index is 12.3. The molecule has 0 aliphatic heterocycles. The largest absolute Gasteiger partial charge is 0.495 e. The molecule has 0 atom stereocenters. The molecule has 1 aromatic carbocycles. The van der Waals surface area contributed by atoms with Crippen LogP contribution in [0, 0.1) is 16.7 Å². The van der Waals surface area contributed by atoms with Crippen molar-refractivity contribution in [3.8, 4) is 11.8 Å². The van der Waals surface area contributed by atoms with Crippen LogP contribution in [0.3, 0.4) is 0 Å². The Morgan fingerprint density at radius 1 is 1.47 bits per heavy atom. The zero-order valence-electron chi connectivity index (χ0n) is 10.7. The van der Waals surface area contributed by atoms with Crippen LogP contribution in [0.5, 0.6) is 5.75 Å². The molecule has 0 bridgehead atoms. The van der Waals surface area contributed by atoms with Crippen molar-refractivity contribution in [3.05, 3.63) is 22.7 Å².